The number of aromatic nitrogens is 1. The SMILES string of the molecule is O=C(N/N=C\NOCc1ccc(Cl)cc1Cl)c1ccncc1. The first-order chi connectivity index (χ1) is 10.7. The second-order valence-corrected chi connectivity index (χ2v) is 4.92. The molecule has 0 bridgehead atoms. The maximum atomic E-state index is 11.6. The lowest BCUT2D eigenvalue weighted by molar-refractivity contribution is 0.0740. The highest BCUT2D eigenvalue weighted by Crippen LogP contribution is 2.21. The molecule has 0 aliphatic rings. The van der Waals surface area contributed by atoms with E-state index in [-0.39, 0.29) is 12.5 Å². The van der Waals surface area contributed by atoms with Gasteiger partial charge >= 0.3 is 0 Å². The van der Waals surface area contributed by atoms with E-state index in [0.29, 0.717) is 15.6 Å². The van der Waals surface area contributed by atoms with Gasteiger partial charge < -0.3 is 0 Å². The molecule has 22 heavy (non-hydrogen) atoms. The van der Waals surface area contributed by atoms with E-state index in [2.05, 4.69) is 21.0 Å². The topological polar surface area (TPSA) is 75.6 Å². The Morgan fingerprint density at radius 1 is 1.27 bits per heavy atom. The van der Waals surface area contributed by atoms with Gasteiger partial charge in [0, 0.05) is 28.0 Å². The Morgan fingerprint density at radius 2 is 2.05 bits per heavy atom. The van der Waals surface area contributed by atoms with Crippen LogP contribution in [0, 0.1) is 0 Å². The highest BCUT2D eigenvalue weighted by molar-refractivity contribution is 6.35. The maximum Gasteiger partial charge on any atom is 0.271 e. The number of hydroxylamine groups is 1. The number of hydrogen-bond acceptors (Lipinski definition) is 4. The third-order valence-electron chi connectivity index (χ3n) is 2.55. The Balaban J connectivity index is 1.71. The van der Waals surface area contributed by atoms with Crippen LogP contribution in [-0.2, 0) is 11.4 Å². The van der Waals surface area contributed by atoms with Crippen LogP contribution in [0.1, 0.15) is 15.9 Å². The zero-order valence-corrected chi connectivity index (χ0v) is 12.8. The van der Waals surface area contributed by atoms with E-state index < -0.39 is 0 Å². The molecule has 0 radical (unpaired) electrons. The van der Waals surface area contributed by atoms with Gasteiger partial charge in [-0.15, -0.1) is 0 Å². The molecule has 6 nitrogen and oxygen atoms in total. The summed E-state index contributed by atoms with van der Waals surface area (Å²) in [5.41, 5.74) is 6.04. The van der Waals surface area contributed by atoms with Crippen molar-refractivity contribution in [2.75, 3.05) is 0 Å². The first kappa shape index (κ1) is 16.2. The van der Waals surface area contributed by atoms with Crippen LogP contribution in [0.4, 0.5) is 0 Å². The Morgan fingerprint density at radius 3 is 2.77 bits per heavy atom. The number of carbonyl (C=O) groups is 1. The molecule has 0 unspecified atom stereocenters. The number of amides is 1. The van der Waals surface area contributed by atoms with Crippen LogP contribution in [0.15, 0.2) is 47.8 Å². The van der Waals surface area contributed by atoms with Gasteiger partial charge in [-0.3, -0.25) is 20.1 Å². The lowest BCUT2D eigenvalue weighted by Gasteiger charge is -2.05. The van der Waals surface area contributed by atoms with E-state index in [1.807, 2.05) is 0 Å². The normalized spacial score (nSPS) is 10.6. The fourth-order valence-electron chi connectivity index (χ4n) is 1.48. The minimum atomic E-state index is -0.346. The number of carbonyl (C=O) groups excluding carboxylic acids is 1. The highest BCUT2D eigenvalue weighted by Gasteiger charge is 2.02. The summed E-state index contributed by atoms with van der Waals surface area (Å²) in [5, 5.41) is 4.75. The van der Waals surface area contributed by atoms with Gasteiger partial charge in [0.05, 0.1) is 0 Å². The molecule has 8 heteroatoms. The average Bonchev–Trinajstić information content (AvgIpc) is 2.53. The van der Waals surface area contributed by atoms with Crippen LogP contribution in [-0.4, -0.2) is 17.2 Å². The monoisotopic (exact) mass is 338 g/mol. The van der Waals surface area contributed by atoms with Crippen molar-refractivity contribution in [3.8, 4) is 0 Å². The van der Waals surface area contributed by atoms with Crippen LogP contribution in [0.2, 0.25) is 10.0 Å². The van der Waals surface area contributed by atoms with E-state index in [9.17, 15) is 4.79 Å². The second-order valence-electron chi connectivity index (χ2n) is 4.08. The minimum absolute atomic E-state index is 0.223. The van der Waals surface area contributed by atoms with Crippen molar-refractivity contribution in [3.05, 3.63) is 63.9 Å². The summed E-state index contributed by atoms with van der Waals surface area (Å²) >= 11 is 11.8. The van der Waals surface area contributed by atoms with Gasteiger partial charge in [-0.25, -0.2) is 5.43 Å². The van der Waals surface area contributed by atoms with Gasteiger partial charge in [0.15, 0.2) is 0 Å². The Hall–Kier alpha value is -2.15. The van der Waals surface area contributed by atoms with Gasteiger partial charge in [-0.2, -0.15) is 5.10 Å². The molecule has 1 aromatic carbocycles. The van der Waals surface area contributed by atoms with Gasteiger partial charge in [0.2, 0.25) is 0 Å². The molecule has 2 rings (SSSR count). The molecule has 0 aliphatic heterocycles. The number of pyridine rings is 1. The van der Waals surface area contributed by atoms with E-state index >= 15 is 0 Å². The molecule has 2 N–H and O–H groups in total. The average molecular weight is 339 g/mol. The number of benzene rings is 1. The summed E-state index contributed by atoms with van der Waals surface area (Å²) in [4.78, 5) is 20.6. The largest absolute Gasteiger partial charge is 0.271 e. The third-order valence-corrected chi connectivity index (χ3v) is 3.14. The lowest BCUT2D eigenvalue weighted by Crippen LogP contribution is -2.20. The molecule has 0 fully saturated rings. The highest BCUT2D eigenvalue weighted by atomic mass is 35.5. The van der Waals surface area contributed by atoms with Gasteiger partial charge in [0.1, 0.15) is 12.9 Å². The maximum absolute atomic E-state index is 11.6. The Labute approximate surface area is 137 Å². The predicted octanol–water partition coefficient (Wildman–Crippen LogP) is 2.78. The van der Waals surface area contributed by atoms with Crippen LogP contribution < -0.4 is 10.9 Å². The van der Waals surface area contributed by atoms with Crippen molar-refractivity contribution in [1.29, 1.82) is 0 Å². The fourth-order valence-corrected chi connectivity index (χ4v) is 1.94. The van der Waals surface area contributed by atoms with E-state index in [1.165, 1.54) is 18.7 Å². The van der Waals surface area contributed by atoms with Crippen LogP contribution in [0.25, 0.3) is 0 Å². The molecule has 0 saturated carbocycles. The Bertz CT molecular complexity index is 665. The number of hydrazone groups is 1. The molecular formula is C14H12Cl2N4O2. The number of rotatable bonds is 6. The van der Waals surface area contributed by atoms with Gasteiger partial charge in [-0.1, -0.05) is 29.3 Å². The standard InChI is InChI=1S/C14H12Cl2N4O2/c15-12-2-1-11(13(16)7-12)8-22-19-9-18-20-14(21)10-3-5-17-6-4-10/h1-7,9H,8H2,(H,18,19)(H,20,21). The fraction of sp³-hybridized carbons (Fsp3) is 0.0714. The van der Waals surface area contributed by atoms with E-state index in [1.54, 1.807) is 30.3 Å². The quantitative estimate of drug-likeness (QED) is 0.367. The molecule has 1 heterocycles. The summed E-state index contributed by atoms with van der Waals surface area (Å²) in [6, 6.07) is 8.27. The molecule has 0 spiro atoms. The smallest absolute Gasteiger partial charge is 0.270 e. The third kappa shape index (κ3) is 5.00. The zero-order valence-electron chi connectivity index (χ0n) is 11.3. The predicted molar refractivity (Wildman–Crippen MR) is 84.6 cm³/mol. The van der Waals surface area contributed by atoms with Crippen LogP contribution in [0.5, 0.6) is 0 Å². The molecule has 1 aromatic heterocycles. The van der Waals surface area contributed by atoms with Crippen molar-refractivity contribution in [2.45, 2.75) is 6.61 Å². The number of halogens is 2. The van der Waals surface area contributed by atoms with Crippen molar-refractivity contribution >= 4 is 35.4 Å². The number of nitrogens with one attached hydrogen (secondary N) is 2. The van der Waals surface area contributed by atoms with Crippen LogP contribution >= 0.6 is 23.2 Å². The molecule has 2 aromatic rings. The number of nitrogens with zero attached hydrogens (tertiary/aromatic N) is 2. The number of hydrogen-bond donors (Lipinski definition) is 2. The van der Waals surface area contributed by atoms with Crippen LogP contribution in [0.3, 0.4) is 0 Å². The summed E-state index contributed by atoms with van der Waals surface area (Å²) in [7, 11) is 0. The van der Waals surface area contributed by atoms with Crippen molar-refractivity contribution in [1.82, 2.24) is 15.9 Å². The van der Waals surface area contributed by atoms with Gasteiger partial charge in [0.25, 0.3) is 5.91 Å². The van der Waals surface area contributed by atoms with Crippen molar-refractivity contribution < 1.29 is 9.63 Å². The molecular weight excluding hydrogens is 327 g/mol. The van der Waals surface area contributed by atoms with E-state index in [0.717, 1.165) is 5.56 Å². The first-order valence-electron chi connectivity index (χ1n) is 6.20. The minimum Gasteiger partial charge on any atom is -0.270 e. The van der Waals surface area contributed by atoms with E-state index in [4.69, 9.17) is 28.0 Å². The summed E-state index contributed by atoms with van der Waals surface area (Å²) in [6.07, 6.45) is 4.26. The Kier molecular flexibility index (Phi) is 6.14. The summed E-state index contributed by atoms with van der Waals surface area (Å²) in [5.74, 6) is -0.346. The van der Waals surface area contributed by atoms with Crippen molar-refractivity contribution in [2.24, 2.45) is 5.10 Å². The molecule has 1 amide bonds. The molecule has 0 saturated heterocycles. The summed E-state index contributed by atoms with van der Waals surface area (Å²) < 4.78 is 0. The first-order valence-corrected chi connectivity index (χ1v) is 6.95. The molecule has 0 aliphatic carbocycles. The summed E-state index contributed by atoms with van der Waals surface area (Å²) in [6.45, 7) is 0.223. The van der Waals surface area contributed by atoms with Crippen molar-refractivity contribution in [3.63, 3.8) is 0 Å². The molecule has 0 atom stereocenters. The zero-order chi connectivity index (χ0) is 15.8. The van der Waals surface area contributed by atoms with Gasteiger partial charge in [-0.05, 0) is 29.8 Å². The second kappa shape index (κ2) is 8.33. The molecule has 114 valence electrons. The lowest BCUT2D eigenvalue weighted by atomic mass is 10.2.